The van der Waals surface area contributed by atoms with Crippen molar-refractivity contribution in [3.05, 3.63) is 11.8 Å². The molecule has 1 saturated heterocycles. The predicted octanol–water partition coefficient (Wildman–Crippen LogP) is 1.63. The number of anilines is 1. The minimum atomic E-state index is -0.0912. The third-order valence-electron chi connectivity index (χ3n) is 3.23. The van der Waals surface area contributed by atoms with Crippen LogP contribution in [0.15, 0.2) is 10.6 Å². The Morgan fingerprint density at radius 2 is 2.30 bits per heavy atom. The number of ether oxygens (including phenoxy) is 1. The molecule has 1 aromatic heterocycles. The van der Waals surface area contributed by atoms with E-state index in [-0.39, 0.29) is 17.4 Å². The first-order valence-electron chi connectivity index (χ1n) is 6.95. The quantitative estimate of drug-likeness (QED) is 0.912. The van der Waals surface area contributed by atoms with Crippen LogP contribution in [0.4, 0.5) is 5.88 Å². The molecule has 20 heavy (non-hydrogen) atoms. The first kappa shape index (κ1) is 15.0. The molecule has 0 bridgehead atoms. The van der Waals surface area contributed by atoms with E-state index < -0.39 is 0 Å². The Morgan fingerprint density at radius 3 is 2.90 bits per heavy atom. The summed E-state index contributed by atoms with van der Waals surface area (Å²) in [7, 11) is 0. The number of morpholine rings is 1. The lowest BCUT2D eigenvalue weighted by Crippen LogP contribution is -2.44. The van der Waals surface area contributed by atoms with Crippen molar-refractivity contribution in [2.45, 2.75) is 39.2 Å². The summed E-state index contributed by atoms with van der Waals surface area (Å²) in [4.78, 5) is 14.0. The third-order valence-corrected chi connectivity index (χ3v) is 3.23. The van der Waals surface area contributed by atoms with E-state index in [4.69, 9.17) is 9.26 Å². The number of hydrogen-bond donors (Lipinski definition) is 1. The molecular formula is C14H23N3O3. The molecular weight excluding hydrogens is 258 g/mol. The molecule has 0 aromatic carbocycles. The van der Waals surface area contributed by atoms with Crippen molar-refractivity contribution < 1.29 is 14.1 Å². The molecule has 1 amide bonds. The van der Waals surface area contributed by atoms with Gasteiger partial charge in [0, 0.05) is 24.6 Å². The number of nitrogens with one attached hydrogen (secondary N) is 1. The lowest BCUT2D eigenvalue weighted by molar-refractivity contribution is -0.119. The van der Waals surface area contributed by atoms with Crippen molar-refractivity contribution in [2.24, 2.45) is 0 Å². The molecule has 6 heteroatoms. The molecule has 0 unspecified atom stereocenters. The van der Waals surface area contributed by atoms with Crippen molar-refractivity contribution in [3.63, 3.8) is 0 Å². The van der Waals surface area contributed by atoms with Gasteiger partial charge in [0.2, 0.25) is 11.8 Å². The van der Waals surface area contributed by atoms with Crippen LogP contribution in [0.2, 0.25) is 0 Å². The Balaban J connectivity index is 1.86. The normalized spacial score (nSPS) is 20.9. The van der Waals surface area contributed by atoms with Gasteiger partial charge in [-0.3, -0.25) is 15.0 Å². The van der Waals surface area contributed by atoms with E-state index in [1.165, 1.54) is 0 Å². The van der Waals surface area contributed by atoms with Gasteiger partial charge >= 0.3 is 0 Å². The van der Waals surface area contributed by atoms with Gasteiger partial charge in [0.05, 0.1) is 24.9 Å². The standard InChI is InChI=1S/C14H23N3O3/c1-10-8-17(5-6-19-10)9-12(18)15-13-7-11(16-20-13)14(2,3)4/h7,10H,5-6,8-9H2,1-4H3,(H,15,18)/t10-/m0/s1. The molecule has 1 aliphatic rings. The zero-order valence-corrected chi connectivity index (χ0v) is 12.6. The Bertz CT molecular complexity index is 464. The van der Waals surface area contributed by atoms with Gasteiger partial charge < -0.3 is 9.26 Å². The molecule has 0 radical (unpaired) electrons. The van der Waals surface area contributed by atoms with Gasteiger partial charge in [-0.15, -0.1) is 0 Å². The monoisotopic (exact) mass is 281 g/mol. The van der Waals surface area contributed by atoms with E-state index in [0.29, 0.717) is 19.0 Å². The van der Waals surface area contributed by atoms with Crippen LogP contribution in [-0.2, 0) is 14.9 Å². The molecule has 1 fully saturated rings. The Hall–Kier alpha value is -1.40. The number of nitrogens with zero attached hydrogens (tertiary/aromatic N) is 2. The van der Waals surface area contributed by atoms with Crippen molar-refractivity contribution in [1.82, 2.24) is 10.1 Å². The molecule has 112 valence electrons. The zero-order valence-electron chi connectivity index (χ0n) is 12.6. The molecule has 0 saturated carbocycles. The predicted molar refractivity (Wildman–Crippen MR) is 75.7 cm³/mol. The Labute approximate surface area is 119 Å². The van der Waals surface area contributed by atoms with Gasteiger partial charge in [-0.25, -0.2) is 0 Å². The van der Waals surface area contributed by atoms with Gasteiger partial charge in [0.1, 0.15) is 0 Å². The summed E-state index contributed by atoms with van der Waals surface area (Å²) in [5.41, 5.74) is 0.736. The summed E-state index contributed by atoms with van der Waals surface area (Å²) in [6.07, 6.45) is 0.175. The molecule has 0 aliphatic carbocycles. The summed E-state index contributed by atoms with van der Waals surface area (Å²) >= 11 is 0. The van der Waals surface area contributed by atoms with E-state index >= 15 is 0 Å². The van der Waals surface area contributed by atoms with E-state index in [0.717, 1.165) is 18.8 Å². The first-order chi connectivity index (χ1) is 9.34. The zero-order chi connectivity index (χ0) is 14.8. The Kier molecular flexibility index (Phi) is 4.45. The third kappa shape index (κ3) is 4.05. The van der Waals surface area contributed by atoms with E-state index in [1.54, 1.807) is 6.07 Å². The average molecular weight is 281 g/mol. The minimum absolute atomic E-state index is 0.0873. The summed E-state index contributed by atoms with van der Waals surface area (Å²) in [6, 6.07) is 1.78. The van der Waals surface area contributed by atoms with Crippen LogP contribution in [0.25, 0.3) is 0 Å². The highest BCUT2D eigenvalue weighted by Crippen LogP contribution is 2.23. The van der Waals surface area contributed by atoms with Crippen LogP contribution >= 0.6 is 0 Å². The lowest BCUT2D eigenvalue weighted by atomic mass is 9.92. The highest BCUT2D eigenvalue weighted by atomic mass is 16.5. The maximum atomic E-state index is 12.0. The number of rotatable bonds is 3. The number of amides is 1. The maximum absolute atomic E-state index is 12.0. The summed E-state index contributed by atoms with van der Waals surface area (Å²) in [5.74, 6) is 0.317. The van der Waals surface area contributed by atoms with Gasteiger partial charge in [0.25, 0.3) is 0 Å². The number of hydrogen-bond acceptors (Lipinski definition) is 5. The minimum Gasteiger partial charge on any atom is -0.376 e. The molecule has 1 atom stereocenters. The van der Waals surface area contributed by atoms with Crippen molar-refractivity contribution >= 4 is 11.8 Å². The molecule has 1 N–H and O–H groups in total. The van der Waals surface area contributed by atoms with Crippen molar-refractivity contribution in [1.29, 1.82) is 0 Å². The molecule has 2 heterocycles. The van der Waals surface area contributed by atoms with Gasteiger partial charge in [-0.1, -0.05) is 25.9 Å². The summed E-state index contributed by atoms with van der Waals surface area (Å²) in [5, 5.41) is 6.72. The van der Waals surface area contributed by atoms with E-state index in [1.807, 2.05) is 27.7 Å². The molecule has 1 aromatic rings. The van der Waals surface area contributed by atoms with Crippen LogP contribution < -0.4 is 5.32 Å². The van der Waals surface area contributed by atoms with Crippen molar-refractivity contribution in [2.75, 3.05) is 31.6 Å². The van der Waals surface area contributed by atoms with Gasteiger partial charge in [-0.05, 0) is 6.92 Å². The van der Waals surface area contributed by atoms with Crippen LogP contribution in [-0.4, -0.2) is 48.3 Å². The average Bonchev–Trinajstić information content (AvgIpc) is 2.76. The first-order valence-corrected chi connectivity index (χ1v) is 6.95. The number of aromatic nitrogens is 1. The lowest BCUT2D eigenvalue weighted by Gasteiger charge is -2.30. The number of carbonyl (C=O) groups excluding carboxylic acids is 1. The van der Waals surface area contributed by atoms with E-state index in [2.05, 4.69) is 15.4 Å². The SMILES string of the molecule is C[C@H]1CN(CC(=O)Nc2cc(C(C)(C)C)no2)CCO1. The van der Waals surface area contributed by atoms with Crippen LogP contribution in [0.1, 0.15) is 33.4 Å². The van der Waals surface area contributed by atoms with Crippen molar-refractivity contribution in [3.8, 4) is 0 Å². The largest absolute Gasteiger partial charge is 0.376 e. The number of carbonyl (C=O) groups is 1. The highest BCUT2D eigenvalue weighted by Gasteiger charge is 2.21. The second-order valence-corrected chi connectivity index (χ2v) is 6.29. The van der Waals surface area contributed by atoms with Crippen LogP contribution in [0.5, 0.6) is 0 Å². The van der Waals surface area contributed by atoms with Crippen LogP contribution in [0.3, 0.4) is 0 Å². The fraction of sp³-hybridized carbons (Fsp3) is 0.714. The summed E-state index contributed by atoms with van der Waals surface area (Å²) in [6.45, 7) is 10.7. The fourth-order valence-corrected chi connectivity index (χ4v) is 2.10. The Morgan fingerprint density at radius 1 is 1.55 bits per heavy atom. The topological polar surface area (TPSA) is 67.6 Å². The fourth-order valence-electron chi connectivity index (χ4n) is 2.10. The molecule has 2 rings (SSSR count). The highest BCUT2D eigenvalue weighted by molar-refractivity contribution is 5.91. The van der Waals surface area contributed by atoms with E-state index in [9.17, 15) is 4.79 Å². The van der Waals surface area contributed by atoms with Gasteiger partial charge in [-0.2, -0.15) is 0 Å². The molecule has 6 nitrogen and oxygen atoms in total. The molecule has 1 aliphatic heterocycles. The second kappa shape index (κ2) is 5.93. The molecule has 0 spiro atoms. The summed E-state index contributed by atoms with van der Waals surface area (Å²) < 4.78 is 10.6. The maximum Gasteiger partial charge on any atom is 0.240 e. The second-order valence-electron chi connectivity index (χ2n) is 6.29. The van der Waals surface area contributed by atoms with Gasteiger partial charge in [0.15, 0.2) is 0 Å². The smallest absolute Gasteiger partial charge is 0.240 e. The van der Waals surface area contributed by atoms with Crippen LogP contribution in [0, 0.1) is 0 Å².